The Morgan fingerprint density at radius 2 is 2.03 bits per heavy atom. The summed E-state index contributed by atoms with van der Waals surface area (Å²) in [5.41, 5.74) is 0.657. The highest BCUT2D eigenvalue weighted by Crippen LogP contribution is 2.66. The van der Waals surface area contributed by atoms with Gasteiger partial charge < -0.3 is 24.4 Å². The first-order valence-corrected chi connectivity index (χ1v) is 12.7. The van der Waals surface area contributed by atoms with E-state index in [0.717, 1.165) is 6.42 Å². The Kier molecular flexibility index (Phi) is 7.56. The third kappa shape index (κ3) is 4.25. The van der Waals surface area contributed by atoms with Gasteiger partial charge in [0.2, 0.25) is 5.91 Å². The van der Waals surface area contributed by atoms with Gasteiger partial charge in [0.05, 0.1) is 36.9 Å². The number of carbonyl (C=O) groups excluding carboxylic acids is 3. The Labute approximate surface area is 209 Å². The van der Waals surface area contributed by atoms with Gasteiger partial charge in [-0.05, 0) is 43.5 Å². The lowest BCUT2D eigenvalue weighted by atomic mass is 9.71. The average Bonchev–Trinajstić information content (AvgIpc) is 3.50. The number of nitrogens with zero attached hydrogens (tertiary/aromatic N) is 2. The van der Waals surface area contributed by atoms with Crippen molar-refractivity contribution in [3.63, 3.8) is 0 Å². The minimum absolute atomic E-state index is 0.0293. The molecule has 9 heteroatoms. The fourth-order valence-electron chi connectivity index (χ4n) is 5.75. The number of hydrogen-bond donors (Lipinski definition) is 1. The van der Waals surface area contributed by atoms with Gasteiger partial charge in [0, 0.05) is 24.0 Å². The third-order valence-electron chi connectivity index (χ3n) is 7.18. The van der Waals surface area contributed by atoms with E-state index < -0.39 is 22.6 Å². The van der Waals surface area contributed by atoms with Crippen LogP contribution in [-0.4, -0.2) is 77.2 Å². The van der Waals surface area contributed by atoms with Crippen LogP contribution in [0.5, 0.6) is 5.75 Å². The minimum atomic E-state index is -0.796. The zero-order valence-electron chi connectivity index (χ0n) is 19.9. The van der Waals surface area contributed by atoms with E-state index in [4.69, 9.17) is 9.47 Å². The van der Waals surface area contributed by atoms with Gasteiger partial charge in [-0.2, -0.15) is 0 Å². The maximum Gasteiger partial charge on any atom is 0.310 e. The topological polar surface area (TPSA) is 96.4 Å². The Hall–Kier alpha value is -2.78. The van der Waals surface area contributed by atoms with E-state index in [-0.39, 0.29) is 49.3 Å². The van der Waals surface area contributed by atoms with E-state index in [1.165, 1.54) is 4.90 Å². The van der Waals surface area contributed by atoms with Crippen molar-refractivity contribution >= 4 is 35.2 Å². The number of hydrogen-bond acceptors (Lipinski definition) is 7. The third-order valence-corrected chi connectivity index (χ3v) is 9.13. The second kappa shape index (κ2) is 10.5. The molecule has 8 nitrogen and oxygen atoms in total. The number of anilines is 1. The average molecular weight is 501 g/mol. The smallest absolute Gasteiger partial charge is 0.310 e. The molecule has 1 aromatic rings. The molecule has 3 aliphatic heterocycles. The number of fused-ring (bicyclic) bond motifs is 1. The molecule has 3 fully saturated rings. The summed E-state index contributed by atoms with van der Waals surface area (Å²) < 4.78 is 9.98. The van der Waals surface area contributed by atoms with Crippen LogP contribution in [-0.2, 0) is 19.1 Å². The molecule has 188 valence electrons. The number of aliphatic hydroxyl groups excluding tert-OH is 1. The molecule has 1 N–H and O–H groups in total. The first-order chi connectivity index (χ1) is 16.9. The number of thioether (sulfide) groups is 1. The van der Waals surface area contributed by atoms with Gasteiger partial charge in [-0.25, -0.2) is 0 Å². The van der Waals surface area contributed by atoms with Crippen LogP contribution in [0.2, 0.25) is 0 Å². The first-order valence-electron chi connectivity index (χ1n) is 11.9. The molecule has 2 amide bonds. The van der Waals surface area contributed by atoms with Crippen molar-refractivity contribution in [1.29, 1.82) is 0 Å². The normalized spacial score (nSPS) is 28.5. The molecule has 5 atom stereocenters. The zero-order chi connectivity index (χ0) is 25.2. The molecule has 0 aliphatic carbocycles. The standard InChI is InChI=1S/C26H32N2O6S/c1-4-6-16-34-25(32)20-19-11-12-26(35-19)21(20)23(30)28(14-15-29)22(26)24(31)27(13-5-2)17-7-9-18(33-3)10-8-17/h4-5,7-10,19-22,29H,1-2,6,11-16H2,3H3/t19-,20+,21+,22?,26?/m1/s1. The van der Waals surface area contributed by atoms with Crippen LogP contribution in [0.15, 0.2) is 49.6 Å². The molecular formula is C26H32N2O6S. The van der Waals surface area contributed by atoms with E-state index in [0.29, 0.717) is 24.3 Å². The monoisotopic (exact) mass is 500 g/mol. The largest absolute Gasteiger partial charge is 0.497 e. The number of methoxy groups -OCH3 is 1. The summed E-state index contributed by atoms with van der Waals surface area (Å²) in [5.74, 6) is -1.47. The molecule has 4 rings (SSSR count). The predicted molar refractivity (Wildman–Crippen MR) is 134 cm³/mol. The van der Waals surface area contributed by atoms with Gasteiger partial charge in [-0.1, -0.05) is 12.2 Å². The Morgan fingerprint density at radius 1 is 1.29 bits per heavy atom. The van der Waals surface area contributed by atoms with E-state index in [1.807, 2.05) is 0 Å². The Balaban J connectivity index is 1.69. The SMILES string of the molecule is C=CCCOC(=O)[C@@H]1[C@H]2C(=O)N(CCO)C(C(=O)N(CC=C)c3ccc(OC)cc3)C23CC[C@H]1S3. The van der Waals surface area contributed by atoms with Crippen molar-refractivity contribution in [3.8, 4) is 5.75 Å². The number of likely N-dealkylation sites (tertiary alicyclic amines) is 1. The molecule has 3 aliphatic rings. The lowest BCUT2D eigenvalue weighted by Gasteiger charge is -2.37. The van der Waals surface area contributed by atoms with Crippen LogP contribution >= 0.6 is 11.8 Å². The molecular weight excluding hydrogens is 468 g/mol. The lowest BCUT2D eigenvalue weighted by molar-refractivity contribution is -0.154. The molecule has 0 aromatic heterocycles. The van der Waals surface area contributed by atoms with Crippen molar-refractivity contribution in [1.82, 2.24) is 4.90 Å². The van der Waals surface area contributed by atoms with Crippen LogP contribution in [0.1, 0.15) is 19.3 Å². The fourth-order valence-corrected chi connectivity index (χ4v) is 7.95. The van der Waals surface area contributed by atoms with Gasteiger partial charge in [0.15, 0.2) is 0 Å². The van der Waals surface area contributed by atoms with Crippen molar-refractivity contribution in [3.05, 3.63) is 49.6 Å². The van der Waals surface area contributed by atoms with Gasteiger partial charge in [0.1, 0.15) is 11.8 Å². The van der Waals surface area contributed by atoms with Gasteiger partial charge in [0.25, 0.3) is 5.91 Å². The molecule has 0 radical (unpaired) electrons. The maximum atomic E-state index is 14.2. The van der Waals surface area contributed by atoms with Gasteiger partial charge in [-0.15, -0.1) is 24.9 Å². The fraction of sp³-hybridized carbons (Fsp3) is 0.500. The molecule has 35 heavy (non-hydrogen) atoms. The molecule has 2 unspecified atom stereocenters. The highest BCUT2D eigenvalue weighted by molar-refractivity contribution is 8.02. The summed E-state index contributed by atoms with van der Waals surface area (Å²) in [6.45, 7) is 7.69. The van der Waals surface area contributed by atoms with Crippen LogP contribution < -0.4 is 9.64 Å². The summed E-state index contributed by atoms with van der Waals surface area (Å²) in [5, 5.41) is 9.68. The number of esters is 1. The first kappa shape index (κ1) is 25.3. The number of ether oxygens (including phenoxy) is 2. The number of carbonyl (C=O) groups is 3. The van der Waals surface area contributed by atoms with E-state index in [2.05, 4.69) is 13.2 Å². The quantitative estimate of drug-likeness (QED) is 0.283. The zero-order valence-corrected chi connectivity index (χ0v) is 20.7. The number of β-amino-alcohol motifs (C(OH)–C–C–N with tert-alkyl or cyclic N) is 1. The summed E-state index contributed by atoms with van der Waals surface area (Å²) in [6.07, 6.45) is 5.24. The van der Waals surface area contributed by atoms with Crippen molar-refractivity contribution in [2.75, 3.05) is 38.3 Å². The van der Waals surface area contributed by atoms with Crippen LogP contribution in [0.4, 0.5) is 5.69 Å². The Morgan fingerprint density at radius 3 is 2.66 bits per heavy atom. The maximum absolute atomic E-state index is 14.2. The van der Waals surface area contributed by atoms with E-state index in [9.17, 15) is 19.5 Å². The molecule has 3 saturated heterocycles. The van der Waals surface area contributed by atoms with Gasteiger partial charge in [-0.3, -0.25) is 14.4 Å². The number of rotatable bonds is 11. The summed E-state index contributed by atoms with van der Waals surface area (Å²) in [4.78, 5) is 44.0. The molecule has 1 spiro atoms. The molecule has 0 saturated carbocycles. The van der Waals surface area contributed by atoms with Gasteiger partial charge >= 0.3 is 5.97 Å². The van der Waals surface area contributed by atoms with E-state index in [1.54, 1.807) is 60.2 Å². The highest BCUT2D eigenvalue weighted by Gasteiger charge is 2.74. The molecule has 3 heterocycles. The van der Waals surface area contributed by atoms with Crippen molar-refractivity contribution in [2.24, 2.45) is 11.8 Å². The molecule has 1 aromatic carbocycles. The van der Waals surface area contributed by atoms with Crippen molar-refractivity contribution in [2.45, 2.75) is 35.3 Å². The minimum Gasteiger partial charge on any atom is -0.497 e. The van der Waals surface area contributed by atoms with Crippen LogP contribution in [0.25, 0.3) is 0 Å². The number of aliphatic hydroxyl groups is 1. The van der Waals surface area contributed by atoms with Crippen molar-refractivity contribution < 1.29 is 29.0 Å². The summed E-state index contributed by atoms with van der Waals surface area (Å²) in [6, 6.07) is 6.34. The summed E-state index contributed by atoms with van der Waals surface area (Å²) in [7, 11) is 1.57. The second-order valence-corrected chi connectivity index (χ2v) is 10.6. The number of amides is 2. The van der Waals surface area contributed by atoms with E-state index >= 15 is 0 Å². The van der Waals surface area contributed by atoms with Crippen LogP contribution in [0, 0.1) is 11.8 Å². The Bertz CT molecular complexity index is 998. The highest BCUT2D eigenvalue weighted by atomic mass is 32.2. The second-order valence-electron chi connectivity index (χ2n) is 8.99. The molecule has 2 bridgehead atoms. The lowest BCUT2D eigenvalue weighted by Crippen LogP contribution is -2.55. The van der Waals surface area contributed by atoms with Crippen LogP contribution in [0.3, 0.4) is 0 Å². The predicted octanol–water partition coefficient (Wildman–Crippen LogP) is 2.42. The summed E-state index contributed by atoms with van der Waals surface area (Å²) >= 11 is 1.57. The number of benzene rings is 1.